The van der Waals surface area contributed by atoms with Crippen molar-refractivity contribution in [3.05, 3.63) is 0 Å². The Hall–Kier alpha value is -1.01. The summed E-state index contributed by atoms with van der Waals surface area (Å²) in [4.78, 5) is 11.7. The fourth-order valence-corrected chi connectivity index (χ4v) is 1.71. The molecule has 0 spiro atoms. The highest BCUT2D eigenvalue weighted by Gasteiger charge is 2.29. The van der Waals surface area contributed by atoms with Crippen LogP contribution in [0.1, 0.15) is 26.7 Å². The smallest absolute Gasteiger partial charge is 0.238 e. The third-order valence-electron chi connectivity index (χ3n) is 2.74. The molecular weight excluding hydrogens is 176 g/mol. The third kappa shape index (κ3) is 2.49. The van der Waals surface area contributed by atoms with Crippen molar-refractivity contribution in [2.45, 2.75) is 38.8 Å². The molecular formula is C11H18N2O. The van der Waals surface area contributed by atoms with Gasteiger partial charge in [-0.15, -0.1) is 6.42 Å². The van der Waals surface area contributed by atoms with Gasteiger partial charge in [0, 0.05) is 0 Å². The Morgan fingerprint density at radius 2 is 2.50 bits per heavy atom. The summed E-state index contributed by atoms with van der Waals surface area (Å²) in [5.41, 5.74) is 0. The quantitative estimate of drug-likeness (QED) is 0.643. The fraction of sp³-hybridized carbons (Fsp3) is 0.727. The lowest BCUT2D eigenvalue weighted by molar-refractivity contribution is -0.123. The molecule has 1 amide bonds. The molecule has 78 valence electrons. The third-order valence-corrected chi connectivity index (χ3v) is 2.74. The Morgan fingerprint density at radius 3 is 2.93 bits per heavy atom. The van der Waals surface area contributed by atoms with Gasteiger partial charge < -0.3 is 10.6 Å². The Morgan fingerprint density at radius 1 is 1.79 bits per heavy atom. The summed E-state index contributed by atoms with van der Waals surface area (Å²) < 4.78 is 0. The van der Waals surface area contributed by atoms with Crippen molar-refractivity contribution < 1.29 is 4.79 Å². The number of nitrogens with one attached hydrogen (secondary N) is 2. The van der Waals surface area contributed by atoms with Crippen molar-refractivity contribution in [2.24, 2.45) is 5.92 Å². The van der Waals surface area contributed by atoms with Gasteiger partial charge in [0.05, 0.1) is 12.1 Å². The maximum atomic E-state index is 11.7. The predicted octanol–water partition coefficient (Wildman–Crippen LogP) is 0.512. The van der Waals surface area contributed by atoms with Gasteiger partial charge >= 0.3 is 0 Å². The highest BCUT2D eigenvalue weighted by Crippen LogP contribution is 2.14. The normalized spacial score (nSPS) is 28.1. The van der Waals surface area contributed by atoms with Crippen molar-refractivity contribution in [2.75, 3.05) is 6.54 Å². The minimum absolute atomic E-state index is 0.0415. The van der Waals surface area contributed by atoms with Gasteiger partial charge in [0.1, 0.15) is 0 Å². The van der Waals surface area contributed by atoms with Crippen molar-refractivity contribution in [1.82, 2.24) is 10.6 Å². The Kier molecular flexibility index (Phi) is 3.97. The van der Waals surface area contributed by atoms with E-state index in [4.69, 9.17) is 6.42 Å². The topological polar surface area (TPSA) is 41.1 Å². The lowest BCUT2D eigenvalue weighted by Crippen LogP contribution is -2.46. The van der Waals surface area contributed by atoms with Gasteiger partial charge in [-0.05, 0) is 25.3 Å². The first-order chi connectivity index (χ1) is 6.69. The average Bonchev–Trinajstić information content (AvgIpc) is 2.60. The molecule has 1 saturated heterocycles. The number of hydrogen-bond acceptors (Lipinski definition) is 2. The van der Waals surface area contributed by atoms with Crippen molar-refractivity contribution in [3.8, 4) is 12.3 Å². The molecule has 14 heavy (non-hydrogen) atoms. The molecule has 1 aliphatic heterocycles. The van der Waals surface area contributed by atoms with E-state index in [2.05, 4.69) is 23.5 Å². The van der Waals surface area contributed by atoms with Crippen LogP contribution in [0.25, 0.3) is 0 Å². The molecule has 0 aliphatic carbocycles. The molecule has 0 bridgehead atoms. The first kappa shape index (κ1) is 11.1. The fourth-order valence-electron chi connectivity index (χ4n) is 1.71. The average molecular weight is 194 g/mol. The van der Waals surface area contributed by atoms with E-state index in [0.29, 0.717) is 5.92 Å². The van der Waals surface area contributed by atoms with E-state index in [-0.39, 0.29) is 18.0 Å². The van der Waals surface area contributed by atoms with E-state index in [1.165, 1.54) is 0 Å². The zero-order chi connectivity index (χ0) is 10.6. The number of amides is 1. The molecule has 1 fully saturated rings. The largest absolute Gasteiger partial charge is 0.341 e. The van der Waals surface area contributed by atoms with Crippen molar-refractivity contribution in [3.63, 3.8) is 0 Å². The van der Waals surface area contributed by atoms with Crippen LogP contribution < -0.4 is 10.6 Å². The number of rotatable bonds is 3. The van der Waals surface area contributed by atoms with Gasteiger partial charge in [0.15, 0.2) is 0 Å². The summed E-state index contributed by atoms with van der Waals surface area (Å²) >= 11 is 0. The maximum Gasteiger partial charge on any atom is 0.238 e. The second kappa shape index (κ2) is 5.02. The molecule has 0 aromatic heterocycles. The van der Waals surface area contributed by atoms with Crippen LogP contribution in [0.4, 0.5) is 0 Å². The lowest BCUT2D eigenvalue weighted by atomic mass is 10.0. The van der Waals surface area contributed by atoms with Crippen LogP contribution in [0.2, 0.25) is 0 Å². The summed E-state index contributed by atoms with van der Waals surface area (Å²) in [6.07, 6.45) is 7.12. The minimum Gasteiger partial charge on any atom is -0.341 e. The van der Waals surface area contributed by atoms with Gasteiger partial charge in [0.25, 0.3) is 0 Å². The first-order valence-electron chi connectivity index (χ1n) is 5.19. The molecule has 0 aromatic carbocycles. The van der Waals surface area contributed by atoms with Gasteiger partial charge in [-0.2, -0.15) is 0 Å². The van der Waals surface area contributed by atoms with Gasteiger partial charge in [-0.3, -0.25) is 4.79 Å². The van der Waals surface area contributed by atoms with Crippen LogP contribution in [0, 0.1) is 18.3 Å². The zero-order valence-corrected chi connectivity index (χ0v) is 8.84. The van der Waals surface area contributed by atoms with Gasteiger partial charge in [-0.25, -0.2) is 0 Å². The second-order valence-electron chi connectivity index (χ2n) is 3.83. The molecule has 3 unspecified atom stereocenters. The van der Waals surface area contributed by atoms with Gasteiger partial charge in [0.2, 0.25) is 5.91 Å². The van der Waals surface area contributed by atoms with Crippen molar-refractivity contribution in [1.29, 1.82) is 0 Å². The molecule has 0 radical (unpaired) electrons. The molecule has 3 nitrogen and oxygen atoms in total. The molecule has 3 heteroatoms. The standard InChI is InChI=1S/C11H18N2O/c1-4-9(5-2)13-11(14)10-8(3)6-7-12-10/h1,8-10,12H,5-7H2,2-3H3,(H,13,14). The molecule has 3 atom stereocenters. The van der Waals surface area contributed by atoms with E-state index < -0.39 is 0 Å². The second-order valence-corrected chi connectivity index (χ2v) is 3.83. The number of terminal acetylenes is 1. The summed E-state index contributed by atoms with van der Waals surface area (Å²) in [7, 11) is 0. The molecule has 1 aliphatic rings. The molecule has 0 aromatic rings. The van der Waals surface area contributed by atoms with E-state index in [0.717, 1.165) is 19.4 Å². The Bertz CT molecular complexity index is 244. The molecule has 2 N–H and O–H groups in total. The van der Waals surface area contributed by atoms with Crippen LogP contribution in [0.5, 0.6) is 0 Å². The number of hydrogen-bond donors (Lipinski definition) is 2. The van der Waals surface area contributed by atoms with Crippen LogP contribution in [0.3, 0.4) is 0 Å². The summed E-state index contributed by atoms with van der Waals surface area (Å²) in [6, 6.07) is -0.186. The van der Waals surface area contributed by atoms with E-state index >= 15 is 0 Å². The SMILES string of the molecule is C#CC(CC)NC(=O)C1NCCC1C. The van der Waals surface area contributed by atoms with Crippen LogP contribution in [0.15, 0.2) is 0 Å². The van der Waals surface area contributed by atoms with E-state index in [1.807, 2.05) is 6.92 Å². The summed E-state index contributed by atoms with van der Waals surface area (Å²) in [6.45, 7) is 4.98. The monoisotopic (exact) mass is 194 g/mol. The summed E-state index contributed by atoms with van der Waals surface area (Å²) in [5, 5.41) is 6.03. The van der Waals surface area contributed by atoms with Gasteiger partial charge in [-0.1, -0.05) is 19.8 Å². The maximum absolute atomic E-state index is 11.7. The van der Waals surface area contributed by atoms with E-state index in [9.17, 15) is 4.79 Å². The molecule has 1 rings (SSSR count). The highest BCUT2D eigenvalue weighted by molar-refractivity contribution is 5.83. The van der Waals surface area contributed by atoms with E-state index in [1.54, 1.807) is 0 Å². The molecule has 0 saturated carbocycles. The highest BCUT2D eigenvalue weighted by atomic mass is 16.2. The zero-order valence-electron chi connectivity index (χ0n) is 8.84. The van der Waals surface area contributed by atoms with Crippen molar-refractivity contribution >= 4 is 5.91 Å². The van der Waals surface area contributed by atoms with Crippen LogP contribution in [-0.2, 0) is 4.79 Å². The Labute approximate surface area is 85.6 Å². The minimum atomic E-state index is -0.128. The Balaban J connectivity index is 2.45. The van der Waals surface area contributed by atoms with Crippen LogP contribution in [-0.4, -0.2) is 24.5 Å². The summed E-state index contributed by atoms with van der Waals surface area (Å²) in [5.74, 6) is 3.01. The molecule has 1 heterocycles. The lowest BCUT2D eigenvalue weighted by Gasteiger charge is -2.18. The predicted molar refractivity (Wildman–Crippen MR) is 56.6 cm³/mol. The van der Waals surface area contributed by atoms with Crippen LogP contribution >= 0.6 is 0 Å². The number of carbonyl (C=O) groups excluding carboxylic acids is 1. The first-order valence-corrected chi connectivity index (χ1v) is 5.19. The number of carbonyl (C=O) groups is 1.